The van der Waals surface area contributed by atoms with E-state index in [0.717, 1.165) is 0 Å². The van der Waals surface area contributed by atoms with Crippen LogP contribution >= 0.6 is 13.6 Å². The van der Waals surface area contributed by atoms with Gasteiger partial charge >= 0.3 is 41.3 Å². The van der Waals surface area contributed by atoms with Gasteiger partial charge in [0, 0.05) is 0 Å². The van der Waals surface area contributed by atoms with Crippen LogP contribution in [0.2, 0.25) is 0 Å². The summed E-state index contributed by atoms with van der Waals surface area (Å²) in [5, 5.41) is 0. The van der Waals surface area contributed by atoms with Gasteiger partial charge in [0.2, 0.25) is 0 Å². The number of rotatable bonds is 0. The van der Waals surface area contributed by atoms with Crippen LogP contribution in [0, 0.1) is 0 Å². The summed E-state index contributed by atoms with van der Waals surface area (Å²) >= 11 is 0.558. The molecule has 0 spiro atoms. The maximum absolute atomic E-state index is 4.01. The molecule has 0 bridgehead atoms. The first kappa shape index (κ1) is 6.17. The predicted molar refractivity (Wildman–Crippen MR) is 13.8 cm³/mol. The zero-order valence-electron chi connectivity index (χ0n) is 1.66. The van der Waals surface area contributed by atoms with E-state index in [0.29, 0.717) is 13.1 Å². The molecule has 0 N–H and O–H groups in total. The third-order valence-corrected chi connectivity index (χ3v) is 9.09. The van der Waals surface area contributed by atoms with Gasteiger partial charge in [-0.1, -0.05) is 0 Å². The second kappa shape index (κ2) is 5.17. The zero-order valence-corrected chi connectivity index (χ0v) is 7.19. The van der Waals surface area contributed by atoms with Gasteiger partial charge in [0.15, 0.2) is 0 Å². The Balaban J connectivity index is 3.14. The van der Waals surface area contributed by atoms with Crippen molar-refractivity contribution in [3.05, 3.63) is 0 Å². The summed E-state index contributed by atoms with van der Waals surface area (Å²) in [6.45, 7) is 8.01. The van der Waals surface area contributed by atoms with Gasteiger partial charge in [-0.15, -0.1) is 0 Å². The first-order valence-electron chi connectivity index (χ1n) is 0.485. The fourth-order valence-corrected chi connectivity index (χ4v) is 0. The molecule has 0 saturated heterocycles. The van der Waals surface area contributed by atoms with E-state index in [9.17, 15) is 0 Å². The van der Waals surface area contributed by atoms with Crippen molar-refractivity contribution in [2.24, 2.45) is 0 Å². The fraction of sp³-hybridized carbons (Fsp3) is 0. The van der Waals surface area contributed by atoms with E-state index in [1.54, 1.807) is 0 Å². The monoisotopic (exact) mass is 262 g/mol. The number of hydrogen-bond acceptors (Lipinski definition) is 0. The van der Waals surface area contributed by atoms with Gasteiger partial charge in [0.1, 0.15) is 0 Å². The molecule has 4 heteroatoms. The van der Waals surface area contributed by atoms with Gasteiger partial charge in [-0.25, -0.2) is 0 Å². The van der Waals surface area contributed by atoms with Gasteiger partial charge in [0.05, 0.1) is 0 Å². The van der Waals surface area contributed by atoms with E-state index in [4.69, 9.17) is 0 Å². The van der Waals surface area contributed by atoms with Crippen molar-refractivity contribution >= 4 is 13.6 Å². The predicted octanol–water partition coefficient (Wildman–Crippen LogP) is 1.72. The molecule has 0 atom stereocenters. The average molecular weight is 259 g/mol. The van der Waals surface area contributed by atoms with Crippen molar-refractivity contribution in [3.8, 4) is 0 Å². The molecule has 0 amide bonds. The van der Waals surface area contributed by atoms with Crippen molar-refractivity contribution in [2.75, 3.05) is 0 Å². The first-order valence-corrected chi connectivity index (χ1v) is 11.1. The van der Waals surface area contributed by atoms with Gasteiger partial charge in [-0.05, 0) is 0 Å². The molecule has 0 aromatic heterocycles. The van der Waals surface area contributed by atoms with E-state index in [2.05, 4.69) is 13.6 Å². The Morgan fingerprint density at radius 3 is 2.00 bits per heavy atom. The Morgan fingerprint density at radius 1 is 1.75 bits per heavy atom. The summed E-state index contributed by atoms with van der Waals surface area (Å²) in [6.07, 6.45) is 0. The van der Waals surface area contributed by atoms with Crippen molar-refractivity contribution in [2.45, 2.75) is 0 Å². The van der Waals surface area contributed by atoms with E-state index >= 15 is 0 Å². The molecule has 0 heterocycles. The standard InChI is InChI=1S/Mo.2P.Ru. The molecule has 4 heavy (non-hydrogen) atoms. The van der Waals surface area contributed by atoms with Gasteiger partial charge in [0.25, 0.3) is 0 Å². The molecular weight excluding hydrogens is 259 g/mol. The van der Waals surface area contributed by atoms with Crippen LogP contribution in [0.5, 0.6) is 0 Å². The van der Waals surface area contributed by atoms with E-state index < -0.39 is 0 Å². The van der Waals surface area contributed by atoms with Crippen LogP contribution in [0.15, 0.2) is 0 Å². The maximum atomic E-state index is 4.01. The summed E-state index contributed by atoms with van der Waals surface area (Å²) in [6, 6.07) is 0. The second-order valence-electron chi connectivity index (χ2n) is 0.129. The molecule has 0 saturated carbocycles. The summed E-state index contributed by atoms with van der Waals surface area (Å²) in [5.74, 6) is 0. The Morgan fingerprint density at radius 2 is 2.00 bits per heavy atom. The summed E-state index contributed by atoms with van der Waals surface area (Å²) in [5.41, 5.74) is 0. The molecule has 0 fully saturated rings. The van der Waals surface area contributed by atoms with E-state index in [-0.39, 0.29) is 14.7 Å². The molecule has 24 valence electrons. The molecule has 0 aliphatic heterocycles. The SMILES string of the molecule is [P]#[Mo][Ru]#[P]. The van der Waals surface area contributed by atoms with Crippen molar-refractivity contribution in [3.63, 3.8) is 0 Å². The summed E-state index contributed by atoms with van der Waals surface area (Å²) in [4.78, 5) is 0. The molecule has 0 unspecified atom stereocenters. The van der Waals surface area contributed by atoms with Crippen LogP contribution in [0.4, 0.5) is 0 Å². The average Bonchev–Trinajstić information content (AvgIpc) is 1.37. The minimum absolute atomic E-state index is 0.130. The van der Waals surface area contributed by atoms with Crippen LogP contribution in [-0.4, -0.2) is 0 Å². The third kappa shape index (κ3) is 4.17. The first-order chi connectivity index (χ1) is 1.91. The molecule has 0 nitrogen and oxygen atoms in total. The van der Waals surface area contributed by atoms with Crippen LogP contribution in [0.1, 0.15) is 0 Å². The normalized spacial score (nSPS) is 5.50. The Hall–Kier alpha value is 2.17. The molecule has 0 aromatic rings. The molecule has 0 radical (unpaired) electrons. The Bertz CT molecular complexity index is 61.0. The van der Waals surface area contributed by atoms with Crippen molar-refractivity contribution in [1.29, 1.82) is 0 Å². The van der Waals surface area contributed by atoms with Crippen molar-refractivity contribution in [1.82, 2.24) is 0 Å². The Kier molecular flexibility index (Phi) is 7.98. The summed E-state index contributed by atoms with van der Waals surface area (Å²) < 4.78 is 0. The van der Waals surface area contributed by atoms with E-state index in [1.165, 1.54) is 0 Å². The second-order valence-corrected chi connectivity index (χ2v) is 13.6. The third-order valence-electron chi connectivity index (χ3n) is 0.0289. The van der Waals surface area contributed by atoms with Gasteiger partial charge in [-0.3, -0.25) is 0 Å². The fourth-order valence-electron chi connectivity index (χ4n) is 0. The molecule has 0 rings (SSSR count). The minimum atomic E-state index is 0.130. The van der Waals surface area contributed by atoms with Crippen LogP contribution in [0.25, 0.3) is 0 Å². The molecule has 0 aromatic carbocycles. The molecule has 0 aliphatic rings. The van der Waals surface area contributed by atoms with E-state index in [1.807, 2.05) is 0 Å². The zero-order chi connectivity index (χ0) is 3.41. The topological polar surface area (TPSA) is 0 Å². The van der Waals surface area contributed by atoms with Crippen LogP contribution < -0.4 is 0 Å². The Labute approximate surface area is 41.1 Å². The van der Waals surface area contributed by atoms with Gasteiger partial charge < -0.3 is 0 Å². The quantitative estimate of drug-likeness (QED) is 0.459. The molecule has 0 aliphatic carbocycles. The number of hydrogen-bond donors (Lipinski definition) is 0. The summed E-state index contributed by atoms with van der Waals surface area (Å²) in [7, 11) is 0. The molecular formula is MoP2Ru. The van der Waals surface area contributed by atoms with Crippen LogP contribution in [0.3, 0.4) is 0 Å². The van der Waals surface area contributed by atoms with Crippen LogP contribution in [-0.2, 0) is 27.8 Å². The van der Waals surface area contributed by atoms with Gasteiger partial charge in [-0.2, -0.15) is 0 Å². The van der Waals surface area contributed by atoms with Crippen molar-refractivity contribution < 1.29 is 27.8 Å².